The molecule has 0 radical (unpaired) electrons. The van der Waals surface area contributed by atoms with Crippen LogP contribution in [-0.2, 0) is 22.6 Å². The zero-order chi connectivity index (χ0) is 27.2. The van der Waals surface area contributed by atoms with Crippen LogP contribution < -0.4 is 10.1 Å². The third kappa shape index (κ3) is 6.45. The van der Waals surface area contributed by atoms with Crippen molar-refractivity contribution in [1.82, 2.24) is 19.8 Å². The molecule has 39 heavy (non-hydrogen) atoms. The summed E-state index contributed by atoms with van der Waals surface area (Å²) in [5, 5.41) is 3.13. The predicted molar refractivity (Wildman–Crippen MR) is 154 cm³/mol. The first-order valence-corrected chi connectivity index (χ1v) is 14.7. The van der Waals surface area contributed by atoms with Gasteiger partial charge in [-0.15, -0.1) is 0 Å². The summed E-state index contributed by atoms with van der Waals surface area (Å²) in [6.07, 6.45) is 12.1. The lowest BCUT2D eigenvalue weighted by atomic mass is 9.88. The standard InChI is InChI=1S/C32H42N4O3/c1-23(33-30(37)21-24-17-19-27(39-2)20-18-24)32-34-28-15-9-10-16-29(28)35(32)22-31(38)36(25-11-5-3-6-12-25)26-13-7-4-8-14-26/h9-10,15-20,23,25-26H,3-8,11-14,21-22H2,1-2H3,(H,33,37). The minimum atomic E-state index is -0.339. The van der Waals surface area contributed by atoms with Crippen LogP contribution in [0, 0.1) is 0 Å². The first-order valence-electron chi connectivity index (χ1n) is 14.7. The number of nitrogens with one attached hydrogen (secondary N) is 1. The van der Waals surface area contributed by atoms with E-state index in [0.29, 0.717) is 12.1 Å². The second-order valence-electron chi connectivity index (χ2n) is 11.2. The van der Waals surface area contributed by atoms with Crippen LogP contribution in [0.5, 0.6) is 5.75 Å². The summed E-state index contributed by atoms with van der Waals surface area (Å²) >= 11 is 0. The summed E-state index contributed by atoms with van der Waals surface area (Å²) in [5.74, 6) is 1.60. The van der Waals surface area contributed by atoms with E-state index in [9.17, 15) is 9.59 Å². The van der Waals surface area contributed by atoms with Gasteiger partial charge in [0.1, 0.15) is 18.1 Å². The van der Waals surface area contributed by atoms with Crippen LogP contribution in [-0.4, -0.2) is 45.5 Å². The molecular formula is C32H42N4O3. The van der Waals surface area contributed by atoms with Crippen molar-refractivity contribution in [3.05, 3.63) is 59.9 Å². The van der Waals surface area contributed by atoms with E-state index in [0.717, 1.165) is 53.9 Å². The van der Waals surface area contributed by atoms with Gasteiger partial charge in [0.15, 0.2) is 0 Å². The molecule has 5 rings (SSSR count). The Morgan fingerprint density at radius 1 is 0.949 bits per heavy atom. The van der Waals surface area contributed by atoms with Crippen molar-refractivity contribution in [2.75, 3.05) is 7.11 Å². The number of hydrogen-bond donors (Lipinski definition) is 1. The van der Waals surface area contributed by atoms with Crippen LogP contribution in [0.2, 0.25) is 0 Å². The molecule has 208 valence electrons. The smallest absolute Gasteiger partial charge is 0.243 e. The maximum absolute atomic E-state index is 14.1. The molecule has 3 aromatic rings. The summed E-state index contributed by atoms with van der Waals surface area (Å²) < 4.78 is 7.26. The van der Waals surface area contributed by atoms with Gasteiger partial charge in [-0.05, 0) is 62.4 Å². The Hall–Kier alpha value is -3.35. The van der Waals surface area contributed by atoms with E-state index in [1.807, 2.05) is 60.0 Å². The number of rotatable bonds is 9. The number of aromatic nitrogens is 2. The number of ether oxygens (including phenoxy) is 1. The number of carbonyl (C=O) groups is 2. The van der Waals surface area contributed by atoms with Crippen molar-refractivity contribution in [2.24, 2.45) is 0 Å². The van der Waals surface area contributed by atoms with Gasteiger partial charge >= 0.3 is 0 Å². The maximum atomic E-state index is 14.1. The normalized spacial score (nSPS) is 17.6. The Morgan fingerprint density at radius 3 is 2.18 bits per heavy atom. The minimum absolute atomic E-state index is 0.0800. The predicted octanol–water partition coefficient (Wildman–Crippen LogP) is 5.96. The molecule has 2 aliphatic rings. The van der Waals surface area contributed by atoms with Gasteiger partial charge in [-0.3, -0.25) is 9.59 Å². The van der Waals surface area contributed by atoms with E-state index in [2.05, 4.69) is 10.2 Å². The van der Waals surface area contributed by atoms with Gasteiger partial charge in [-0.2, -0.15) is 0 Å². The van der Waals surface area contributed by atoms with E-state index >= 15 is 0 Å². The highest BCUT2D eigenvalue weighted by Gasteiger charge is 2.33. The number of fused-ring (bicyclic) bond motifs is 1. The van der Waals surface area contributed by atoms with Gasteiger partial charge in [0.2, 0.25) is 11.8 Å². The molecule has 0 spiro atoms. The van der Waals surface area contributed by atoms with Gasteiger partial charge in [0.25, 0.3) is 0 Å². The summed E-state index contributed by atoms with van der Waals surface area (Å²) in [6, 6.07) is 15.8. The molecular weight excluding hydrogens is 488 g/mol. The molecule has 7 nitrogen and oxygen atoms in total. The maximum Gasteiger partial charge on any atom is 0.243 e. The molecule has 1 unspecified atom stereocenters. The van der Waals surface area contributed by atoms with Crippen molar-refractivity contribution in [3.63, 3.8) is 0 Å². The van der Waals surface area contributed by atoms with E-state index in [1.54, 1.807) is 7.11 Å². The number of para-hydroxylation sites is 2. The molecule has 1 atom stereocenters. The first kappa shape index (κ1) is 27.2. The lowest BCUT2D eigenvalue weighted by Gasteiger charge is -2.42. The van der Waals surface area contributed by atoms with Crippen LogP contribution in [0.3, 0.4) is 0 Å². The fraction of sp³-hybridized carbons (Fsp3) is 0.531. The highest BCUT2D eigenvalue weighted by atomic mass is 16.5. The van der Waals surface area contributed by atoms with Crippen LogP contribution in [0.25, 0.3) is 11.0 Å². The second kappa shape index (κ2) is 12.7. The molecule has 0 aliphatic heterocycles. The Morgan fingerprint density at radius 2 is 1.56 bits per heavy atom. The van der Waals surface area contributed by atoms with Gasteiger partial charge in [-0.1, -0.05) is 62.8 Å². The number of methoxy groups -OCH3 is 1. The molecule has 2 aliphatic carbocycles. The Labute approximate surface area is 231 Å². The molecule has 2 fully saturated rings. The average molecular weight is 531 g/mol. The molecule has 0 saturated heterocycles. The van der Waals surface area contributed by atoms with Crippen LogP contribution in [0.15, 0.2) is 48.5 Å². The molecule has 0 bridgehead atoms. The number of amides is 2. The fourth-order valence-corrected chi connectivity index (χ4v) is 6.52. The van der Waals surface area contributed by atoms with Gasteiger partial charge in [0, 0.05) is 12.1 Å². The highest BCUT2D eigenvalue weighted by molar-refractivity contribution is 5.82. The second-order valence-corrected chi connectivity index (χ2v) is 11.2. The largest absolute Gasteiger partial charge is 0.497 e. The van der Waals surface area contributed by atoms with E-state index in [1.165, 1.54) is 38.5 Å². The highest BCUT2D eigenvalue weighted by Crippen LogP contribution is 2.31. The fourth-order valence-electron chi connectivity index (χ4n) is 6.52. The topological polar surface area (TPSA) is 76.5 Å². The average Bonchev–Trinajstić information content (AvgIpc) is 3.33. The van der Waals surface area contributed by atoms with Gasteiger partial charge < -0.3 is 19.5 Å². The minimum Gasteiger partial charge on any atom is -0.497 e. The summed E-state index contributed by atoms with van der Waals surface area (Å²) in [5.41, 5.74) is 2.70. The third-order valence-electron chi connectivity index (χ3n) is 8.49. The Balaban J connectivity index is 1.36. The Bertz CT molecular complexity index is 1240. The molecule has 2 saturated carbocycles. The SMILES string of the molecule is COc1ccc(CC(=O)NC(C)c2nc3ccccc3n2CC(=O)N(C2CCCCC2)C2CCCCC2)cc1. The molecule has 1 aromatic heterocycles. The van der Waals surface area contributed by atoms with Gasteiger partial charge in [0.05, 0.1) is 30.6 Å². The number of benzene rings is 2. The van der Waals surface area contributed by atoms with Crippen LogP contribution >= 0.6 is 0 Å². The van der Waals surface area contributed by atoms with Gasteiger partial charge in [-0.25, -0.2) is 4.98 Å². The van der Waals surface area contributed by atoms with Crippen molar-refractivity contribution < 1.29 is 14.3 Å². The Kier molecular flexibility index (Phi) is 8.84. The molecule has 7 heteroatoms. The molecule has 1 N–H and O–H groups in total. The van der Waals surface area contributed by atoms with E-state index < -0.39 is 0 Å². The van der Waals surface area contributed by atoms with Crippen molar-refractivity contribution >= 4 is 22.8 Å². The zero-order valence-corrected chi connectivity index (χ0v) is 23.4. The number of hydrogen-bond acceptors (Lipinski definition) is 4. The van der Waals surface area contributed by atoms with Crippen molar-refractivity contribution in [1.29, 1.82) is 0 Å². The zero-order valence-electron chi connectivity index (χ0n) is 23.4. The van der Waals surface area contributed by atoms with Crippen LogP contribution in [0.4, 0.5) is 0 Å². The summed E-state index contributed by atoms with van der Waals surface area (Å²) in [6.45, 7) is 2.20. The molecule has 2 aromatic carbocycles. The first-order chi connectivity index (χ1) is 19.0. The van der Waals surface area contributed by atoms with E-state index in [-0.39, 0.29) is 30.8 Å². The lowest BCUT2D eigenvalue weighted by molar-refractivity contribution is -0.138. The summed E-state index contributed by atoms with van der Waals surface area (Å²) in [7, 11) is 1.63. The van der Waals surface area contributed by atoms with Crippen molar-refractivity contribution in [3.8, 4) is 5.75 Å². The number of nitrogens with zero attached hydrogens (tertiary/aromatic N) is 3. The third-order valence-corrected chi connectivity index (χ3v) is 8.49. The number of carbonyl (C=O) groups excluding carboxylic acids is 2. The summed E-state index contributed by atoms with van der Waals surface area (Å²) in [4.78, 5) is 34.3. The lowest BCUT2D eigenvalue weighted by Crippen LogP contribution is -2.50. The van der Waals surface area contributed by atoms with Crippen LogP contribution in [0.1, 0.15) is 88.6 Å². The molecule has 1 heterocycles. The van der Waals surface area contributed by atoms with Crippen molar-refractivity contribution in [2.45, 2.75) is 102 Å². The quantitative estimate of drug-likeness (QED) is 0.370. The monoisotopic (exact) mass is 530 g/mol. The number of imidazole rings is 1. The molecule has 2 amide bonds. The van der Waals surface area contributed by atoms with E-state index in [4.69, 9.17) is 9.72 Å².